The number of benzene rings is 1. The zero-order chi connectivity index (χ0) is 21.2. The van der Waals surface area contributed by atoms with Gasteiger partial charge in [0.15, 0.2) is 11.8 Å². The molecule has 0 bridgehead atoms. The molecule has 0 aliphatic rings. The number of halogens is 1. The lowest BCUT2D eigenvalue weighted by molar-refractivity contribution is 0.195. The molecule has 0 fully saturated rings. The van der Waals surface area contributed by atoms with Crippen LogP contribution in [0.2, 0.25) is 0 Å². The van der Waals surface area contributed by atoms with E-state index in [1.807, 2.05) is 36.7 Å². The lowest BCUT2D eigenvalue weighted by atomic mass is 10.1. The van der Waals surface area contributed by atoms with Crippen LogP contribution in [0.3, 0.4) is 0 Å². The van der Waals surface area contributed by atoms with Gasteiger partial charge in [0.2, 0.25) is 0 Å². The summed E-state index contributed by atoms with van der Waals surface area (Å²) in [6.07, 6.45) is 0.872. The van der Waals surface area contributed by atoms with Gasteiger partial charge in [-0.1, -0.05) is 0 Å². The molecule has 1 heterocycles. The van der Waals surface area contributed by atoms with Gasteiger partial charge in [-0.25, -0.2) is 4.99 Å². The summed E-state index contributed by atoms with van der Waals surface area (Å²) in [4.78, 5) is 4.69. The first-order valence-electron chi connectivity index (χ1n) is 9.60. The van der Waals surface area contributed by atoms with Crippen molar-refractivity contribution in [1.29, 1.82) is 0 Å². The van der Waals surface area contributed by atoms with Crippen LogP contribution >= 0.6 is 24.0 Å². The van der Waals surface area contributed by atoms with E-state index in [-0.39, 0.29) is 30.0 Å². The first-order valence-corrected chi connectivity index (χ1v) is 9.60. The fourth-order valence-corrected chi connectivity index (χ4v) is 2.77. The number of hydrogen-bond acceptors (Lipinski definition) is 6. The monoisotopic (exact) mass is 532 g/mol. The second kappa shape index (κ2) is 13.3. The molecule has 30 heavy (non-hydrogen) atoms. The molecule has 1 aromatic heterocycles. The van der Waals surface area contributed by atoms with Crippen LogP contribution < -0.4 is 20.1 Å². The highest BCUT2D eigenvalue weighted by Gasteiger charge is 2.15. The molecule has 2 rings (SSSR count). The minimum absolute atomic E-state index is 0. The minimum Gasteiger partial charge on any atom is -0.497 e. The maximum Gasteiger partial charge on any atom is 0.192 e. The molecule has 0 spiro atoms. The van der Waals surface area contributed by atoms with Gasteiger partial charge in [-0.2, -0.15) is 0 Å². The molecule has 0 aliphatic heterocycles. The van der Waals surface area contributed by atoms with Gasteiger partial charge in [-0.3, -0.25) is 0 Å². The summed E-state index contributed by atoms with van der Waals surface area (Å²) < 4.78 is 17.9. The summed E-state index contributed by atoms with van der Waals surface area (Å²) in [6.45, 7) is 5.80. The van der Waals surface area contributed by atoms with E-state index in [9.17, 15) is 0 Å². The quantitative estimate of drug-likeness (QED) is 0.210. The zero-order valence-corrected chi connectivity index (χ0v) is 20.9. The molecule has 0 saturated carbocycles. The predicted octanol–water partition coefficient (Wildman–Crippen LogP) is 2.59. The molecule has 1 unspecified atom stereocenters. The van der Waals surface area contributed by atoms with Crippen LogP contribution in [0.15, 0.2) is 23.2 Å². The number of ether oxygens (including phenoxy) is 3. The van der Waals surface area contributed by atoms with Crippen molar-refractivity contribution in [2.75, 3.05) is 34.5 Å². The fourth-order valence-electron chi connectivity index (χ4n) is 2.77. The van der Waals surface area contributed by atoms with Crippen LogP contribution in [0.5, 0.6) is 11.5 Å². The number of rotatable bonds is 10. The van der Waals surface area contributed by atoms with Gasteiger partial charge in [-0.15, -0.1) is 34.2 Å². The second-order valence-corrected chi connectivity index (χ2v) is 6.63. The van der Waals surface area contributed by atoms with Crippen molar-refractivity contribution >= 4 is 29.9 Å². The van der Waals surface area contributed by atoms with Gasteiger partial charge in [0.25, 0.3) is 0 Å². The van der Waals surface area contributed by atoms with Crippen LogP contribution in [0.1, 0.15) is 36.6 Å². The summed E-state index contributed by atoms with van der Waals surface area (Å²) in [6, 6.07) is 5.68. The van der Waals surface area contributed by atoms with Crippen molar-refractivity contribution in [2.24, 2.45) is 12.0 Å². The van der Waals surface area contributed by atoms with E-state index in [0.29, 0.717) is 19.1 Å². The van der Waals surface area contributed by atoms with Crippen LogP contribution in [0.25, 0.3) is 0 Å². The Morgan fingerprint density at radius 1 is 1.20 bits per heavy atom. The molecule has 1 aromatic carbocycles. The van der Waals surface area contributed by atoms with E-state index in [0.717, 1.165) is 41.7 Å². The van der Waals surface area contributed by atoms with E-state index in [1.54, 1.807) is 21.3 Å². The number of aryl methyl sites for hydroxylation is 1. The number of guanidine groups is 1. The molecule has 0 radical (unpaired) electrons. The highest BCUT2D eigenvalue weighted by molar-refractivity contribution is 14.0. The minimum atomic E-state index is -0.0602. The van der Waals surface area contributed by atoms with E-state index in [1.165, 1.54) is 0 Å². The number of nitrogens with one attached hydrogen (secondary N) is 2. The number of methoxy groups -OCH3 is 3. The van der Waals surface area contributed by atoms with Gasteiger partial charge in [0.1, 0.15) is 23.9 Å². The van der Waals surface area contributed by atoms with Crippen LogP contribution in [0.4, 0.5) is 0 Å². The molecule has 2 aromatic rings. The highest BCUT2D eigenvalue weighted by Crippen LogP contribution is 2.29. The first-order chi connectivity index (χ1) is 14.0. The van der Waals surface area contributed by atoms with Crippen LogP contribution in [-0.4, -0.2) is 55.2 Å². The molecule has 9 nitrogen and oxygen atoms in total. The normalized spacial score (nSPS) is 12.1. The maximum absolute atomic E-state index is 5.51. The molecular formula is C20H33IN6O3. The molecule has 10 heteroatoms. The highest BCUT2D eigenvalue weighted by atomic mass is 127. The smallest absolute Gasteiger partial charge is 0.192 e. The van der Waals surface area contributed by atoms with E-state index < -0.39 is 0 Å². The van der Waals surface area contributed by atoms with Gasteiger partial charge < -0.3 is 29.4 Å². The van der Waals surface area contributed by atoms with Crippen molar-refractivity contribution in [2.45, 2.75) is 32.9 Å². The predicted molar refractivity (Wildman–Crippen MR) is 128 cm³/mol. The van der Waals surface area contributed by atoms with Crippen molar-refractivity contribution in [1.82, 2.24) is 25.4 Å². The lowest BCUT2D eigenvalue weighted by Gasteiger charge is -2.21. The number of hydrogen-bond donors (Lipinski definition) is 2. The molecule has 0 aliphatic carbocycles. The summed E-state index contributed by atoms with van der Waals surface area (Å²) in [7, 11) is 6.94. The molecule has 0 amide bonds. The topological polar surface area (TPSA) is 94.8 Å². The van der Waals surface area contributed by atoms with Crippen LogP contribution in [0, 0.1) is 6.92 Å². The van der Waals surface area contributed by atoms with Crippen molar-refractivity contribution in [3.05, 3.63) is 35.4 Å². The largest absolute Gasteiger partial charge is 0.497 e. The Hall–Kier alpha value is -2.08. The summed E-state index contributed by atoms with van der Waals surface area (Å²) in [5, 5.41) is 15.0. The molecule has 2 N–H and O–H groups in total. The maximum atomic E-state index is 5.51. The Morgan fingerprint density at radius 3 is 2.57 bits per heavy atom. The summed E-state index contributed by atoms with van der Waals surface area (Å²) in [5.41, 5.74) is 0.979. The molecule has 0 saturated heterocycles. The average molecular weight is 532 g/mol. The van der Waals surface area contributed by atoms with E-state index in [4.69, 9.17) is 14.2 Å². The third-order valence-electron chi connectivity index (χ3n) is 4.64. The number of aliphatic imine (C=N–C) groups is 1. The summed E-state index contributed by atoms with van der Waals surface area (Å²) >= 11 is 0. The molecule has 168 valence electrons. The van der Waals surface area contributed by atoms with Gasteiger partial charge >= 0.3 is 0 Å². The van der Waals surface area contributed by atoms with E-state index >= 15 is 0 Å². The van der Waals surface area contributed by atoms with Gasteiger partial charge in [0.05, 0.1) is 20.3 Å². The Balaban J connectivity index is 0.00000450. The lowest BCUT2D eigenvalue weighted by Crippen LogP contribution is -2.39. The second-order valence-electron chi connectivity index (χ2n) is 6.63. The standard InChI is InChI=1S/C20H32N6O3.HI/c1-14(17-12-16(28-5)8-9-18(17)29-6)23-20(21-10-7-11-27-4)22-13-19-25-24-15(2)26(19)3;/h8-9,12,14H,7,10-11,13H2,1-6H3,(H2,21,22,23);1H. The molecule has 1 atom stereocenters. The third-order valence-corrected chi connectivity index (χ3v) is 4.64. The SMILES string of the molecule is COCCCNC(=NCc1nnc(C)n1C)NC(C)c1cc(OC)ccc1OC.I. The van der Waals surface area contributed by atoms with Crippen molar-refractivity contribution in [3.63, 3.8) is 0 Å². The van der Waals surface area contributed by atoms with Crippen molar-refractivity contribution < 1.29 is 14.2 Å². The third kappa shape index (κ3) is 7.31. The summed E-state index contributed by atoms with van der Waals surface area (Å²) in [5.74, 6) is 3.89. The van der Waals surface area contributed by atoms with E-state index in [2.05, 4.69) is 32.7 Å². The Labute approximate surface area is 195 Å². The van der Waals surface area contributed by atoms with Gasteiger partial charge in [-0.05, 0) is 38.5 Å². The number of nitrogens with zero attached hydrogens (tertiary/aromatic N) is 4. The molecular weight excluding hydrogens is 499 g/mol. The van der Waals surface area contributed by atoms with Crippen molar-refractivity contribution in [3.8, 4) is 11.5 Å². The average Bonchev–Trinajstić information content (AvgIpc) is 3.06. The van der Waals surface area contributed by atoms with Gasteiger partial charge in [0, 0.05) is 32.9 Å². The number of aromatic nitrogens is 3. The Kier molecular flexibility index (Phi) is 11.5. The Bertz CT molecular complexity index is 812. The zero-order valence-electron chi connectivity index (χ0n) is 18.6. The first kappa shape index (κ1) is 26.0. The Morgan fingerprint density at radius 2 is 1.97 bits per heavy atom. The fraction of sp³-hybridized carbons (Fsp3) is 0.550. The van der Waals surface area contributed by atoms with Crippen LogP contribution in [-0.2, 0) is 18.3 Å².